The molecular weight excluding hydrogens is 598 g/mol. The van der Waals surface area contributed by atoms with Gasteiger partial charge in [0.25, 0.3) is 0 Å². The van der Waals surface area contributed by atoms with Gasteiger partial charge in [0.15, 0.2) is 0 Å². The van der Waals surface area contributed by atoms with E-state index in [1.807, 2.05) is 16.4 Å². The topological polar surface area (TPSA) is 125 Å². The molecule has 1 saturated carbocycles. The van der Waals surface area contributed by atoms with Gasteiger partial charge in [-0.3, -0.25) is 9.59 Å². The third-order valence-corrected chi connectivity index (χ3v) is 9.59. The van der Waals surface area contributed by atoms with E-state index in [0.29, 0.717) is 28.7 Å². The number of aromatic carboxylic acids is 2. The molecule has 0 amide bonds. The van der Waals surface area contributed by atoms with Crippen molar-refractivity contribution in [2.45, 2.75) is 58.5 Å². The summed E-state index contributed by atoms with van der Waals surface area (Å²) in [6.45, 7) is 9.97. The lowest BCUT2D eigenvalue weighted by Gasteiger charge is -2.35. The standard InChI is InChI=1S/C19H22FN3O3.C15H14FNO3/c1-2-21-5-7-22(8-6-21)17-10-16-13(9-15(17)20)18(24)14(19(25)26)11-23(16)12-3-4-12;1-7-3-4-9-8(2)12(16)5-10-13(9)17(7)6-11(14(10)18)15(19)20/h9-12H,2-8H2,1H3,(H,25,26);5-7H,3-4H2,1-2H3,(H,19,20). The summed E-state index contributed by atoms with van der Waals surface area (Å²) < 4.78 is 32.4. The third-order valence-electron chi connectivity index (χ3n) is 9.59. The van der Waals surface area contributed by atoms with Gasteiger partial charge < -0.3 is 29.1 Å². The monoisotopic (exact) mass is 634 g/mol. The highest BCUT2D eigenvalue weighted by Gasteiger charge is 2.29. The molecule has 2 N–H and O–H groups in total. The van der Waals surface area contributed by atoms with Crippen LogP contribution in [0.25, 0.3) is 21.8 Å². The molecule has 10 nitrogen and oxygen atoms in total. The van der Waals surface area contributed by atoms with Crippen molar-refractivity contribution in [1.82, 2.24) is 14.0 Å². The smallest absolute Gasteiger partial charge is 0.341 e. The Morgan fingerprint density at radius 3 is 2.02 bits per heavy atom. The summed E-state index contributed by atoms with van der Waals surface area (Å²) in [5.74, 6) is -3.47. The van der Waals surface area contributed by atoms with Crippen LogP contribution in [-0.4, -0.2) is 68.9 Å². The maximum atomic E-state index is 14.8. The molecule has 2 aromatic carbocycles. The number of piperazine rings is 1. The number of carboxylic acid groups (broad SMARTS) is 2. The summed E-state index contributed by atoms with van der Waals surface area (Å²) in [7, 11) is 0. The predicted molar refractivity (Wildman–Crippen MR) is 171 cm³/mol. The fraction of sp³-hybridized carbons (Fsp3) is 0.412. The SMILES string of the molecule is CCN1CCN(c2cc3c(cc2F)c(=O)c(C(=O)O)cn3C2CC2)CC1.Cc1c(F)cc2c(=O)c(C(=O)O)cn3c2c1CCC3C. The van der Waals surface area contributed by atoms with Gasteiger partial charge in [0.1, 0.15) is 22.8 Å². The molecule has 1 atom stereocenters. The number of pyridine rings is 2. The number of anilines is 1. The minimum absolute atomic E-state index is 0.0913. The third kappa shape index (κ3) is 5.44. The first kappa shape index (κ1) is 31.4. The van der Waals surface area contributed by atoms with Crippen molar-refractivity contribution in [3.63, 3.8) is 0 Å². The molecule has 4 heterocycles. The maximum absolute atomic E-state index is 14.8. The van der Waals surface area contributed by atoms with Gasteiger partial charge in [-0.25, -0.2) is 18.4 Å². The van der Waals surface area contributed by atoms with Crippen molar-refractivity contribution < 1.29 is 28.6 Å². The van der Waals surface area contributed by atoms with Gasteiger partial charge in [0.2, 0.25) is 10.9 Å². The second-order valence-electron chi connectivity index (χ2n) is 12.4. The Morgan fingerprint density at radius 2 is 1.43 bits per heavy atom. The van der Waals surface area contributed by atoms with Gasteiger partial charge in [-0.05, 0) is 75.4 Å². The Hall–Kier alpha value is -4.58. The number of hydrogen-bond acceptors (Lipinski definition) is 6. The van der Waals surface area contributed by atoms with E-state index in [4.69, 9.17) is 5.11 Å². The summed E-state index contributed by atoms with van der Waals surface area (Å²) in [6.07, 6.45) is 6.19. The van der Waals surface area contributed by atoms with Crippen LogP contribution < -0.4 is 15.8 Å². The Labute approximate surface area is 263 Å². The number of rotatable bonds is 5. The van der Waals surface area contributed by atoms with Gasteiger partial charge in [0, 0.05) is 61.4 Å². The van der Waals surface area contributed by atoms with Gasteiger partial charge in [0.05, 0.1) is 16.7 Å². The molecule has 0 spiro atoms. The summed E-state index contributed by atoms with van der Waals surface area (Å²) in [5, 5.41) is 18.7. The molecule has 242 valence electrons. The number of nitrogens with zero attached hydrogens (tertiary/aromatic N) is 4. The molecule has 0 bridgehead atoms. The van der Waals surface area contributed by atoms with Crippen LogP contribution in [0.4, 0.5) is 14.5 Å². The van der Waals surface area contributed by atoms with E-state index < -0.39 is 34.4 Å². The lowest BCUT2D eigenvalue weighted by Crippen LogP contribution is -2.46. The second-order valence-corrected chi connectivity index (χ2v) is 12.4. The van der Waals surface area contributed by atoms with Crippen molar-refractivity contribution in [3.05, 3.63) is 84.9 Å². The fourth-order valence-electron chi connectivity index (χ4n) is 6.67. The van der Waals surface area contributed by atoms with Crippen LogP contribution in [-0.2, 0) is 6.42 Å². The molecule has 3 aliphatic rings. The molecule has 4 aromatic rings. The molecule has 1 aliphatic carbocycles. The predicted octanol–water partition coefficient (Wildman–Crippen LogP) is 4.97. The van der Waals surface area contributed by atoms with E-state index in [2.05, 4.69) is 11.8 Å². The van der Waals surface area contributed by atoms with E-state index in [1.165, 1.54) is 18.5 Å². The van der Waals surface area contributed by atoms with Gasteiger partial charge in [-0.1, -0.05) is 6.92 Å². The molecule has 1 saturated heterocycles. The Morgan fingerprint density at radius 1 is 0.848 bits per heavy atom. The lowest BCUT2D eigenvalue weighted by molar-refractivity contribution is 0.0684. The number of likely N-dealkylation sites (N-methyl/N-ethyl adjacent to an activating group) is 1. The average molecular weight is 635 g/mol. The lowest BCUT2D eigenvalue weighted by atomic mass is 9.92. The molecule has 12 heteroatoms. The molecule has 2 aliphatic heterocycles. The Balaban J connectivity index is 0.000000167. The van der Waals surface area contributed by atoms with E-state index in [-0.39, 0.29) is 34.0 Å². The number of carboxylic acids is 2. The molecule has 1 unspecified atom stereocenters. The number of hydrogen-bond donors (Lipinski definition) is 2. The number of carbonyl (C=O) groups is 2. The van der Waals surface area contributed by atoms with Crippen molar-refractivity contribution in [2.75, 3.05) is 37.6 Å². The number of aryl methyl sites for hydroxylation is 1. The second kappa shape index (κ2) is 12.0. The number of benzene rings is 2. The van der Waals surface area contributed by atoms with Crippen LogP contribution in [0.3, 0.4) is 0 Å². The highest BCUT2D eigenvalue weighted by molar-refractivity contribution is 5.95. The van der Waals surface area contributed by atoms with Crippen LogP contribution in [0.1, 0.15) is 77.0 Å². The largest absolute Gasteiger partial charge is 0.477 e. The van der Waals surface area contributed by atoms with Crippen LogP contribution in [0.2, 0.25) is 0 Å². The molecule has 0 radical (unpaired) electrons. The first-order chi connectivity index (χ1) is 21.9. The van der Waals surface area contributed by atoms with Crippen LogP contribution in [0.15, 0.2) is 40.2 Å². The number of fused-ring (bicyclic) bond motifs is 1. The van der Waals surface area contributed by atoms with E-state index >= 15 is 0 Å². The molecule has 46 heavy (non-hydrogen) atoms. The minimum Gasteiger partial charge on any atom is -0.477 e. The van der Waals surface area contributed by atoms with Crippen LogP contribution in [0, 0.1) is 18.6 Å². The Kier molecular flexibility index (Phi) is 8.18. The number of aromatic nitrogens is 2. The zero-order valence-corrected chi connectivity index (χ0v) is 26.0. The fourth-order valence-corrected chi connectivity index (χ4v) is 6.67. The van der Waals surface area contributed by atoms with Gasteiger partial charge >= 0.3 is 11.9 Å². The van der Waals surface area contributed by atoms with Crippen LogP contribution in [0.5, 0.6) is 0 Å². The van der Waals surface area contributed by atoms with Crippen molar-refractivity contribution in [1.29, 1.82) is 0 Å². The van der Waals surface area contributed by atoms with E-state index in [9.17, 15) is 33.1 Å². The zero-order valence-electron chi connectivity index (χ0n) is 26.0. The molecule has 2 fully saturated rings. The molecule has 7 rings (SSSR count). The van der Waals surface area contributed by atoms with Crippen molar-refractivity contribution >= 4 is 39.4 Å². The summed E-state index contributed by atoms with van der Waals surface area (Å²) in [4.78, 5) is 51.6. The first-order valence-corrected chi connectivity index (χ1v) is 15.6. The summed E-state index contributed by atoms with van der Waals surface area (Å²) in [5.41, 5.74) is 1.31. The van der Waals surface area contributed by atoms with Crippen LogP contribution >= 0.6 is 0 Å². The highest BCUT2D eigenvalue weighted by Crippen LogP contribution is 2.38. The highest BCUT2D eigenvalue weighted by atomic mass is 19.1. The normalized spacial score (nSPS) is 18.0. The quantitative estimate of drug-likeness (QED) is 0.315. The zero-order chi connectivity index (χ0) is 33.0. The van der Waals surface area contributed by atoms with Crippen molar-refractivity contribution in [3.8, 4) is 0 Å². The average Bonchev–Trinajstić information content (AvgIpc) is 3.87. The van der Waals surface area contributed by atoms with Gasteiger partial charge in [-0.15, -0.1) is 0 Å². The minimum atomic E-state index is -1.28. The molecular formula is C34H36F2N4O6. The Bertz CT molecular complexity index is 2030. The van der Waals surface area contributed by atoms with Gasteiger partial charge in [-0.2, -0.15) is 0 Å². The van der Waals surface area contributed by atoms with E-state index in [1.54, 1.807) is 17.6 Å². The molecule has 2 aromatic heterocycles. The summed E-state index contributed by atoms with van der Waals surface area (Å²) in [6, 6.07) is 4.37. The summed E-state index contributed by atoms with van der Waals surface area (Å²) >= 11 is 0. The first-order valence-electron chi connectivity index (χ1n) is 15.6. The van der Waals surface area contributed by atoms with Crippen molar-refractivity contribution in [2.24, 2.45) is 0 Å². The number of halogens is 2. The maximum Gasteiger partial charge on any atom is 0.341 e. The van der Waals surface area contributed by atoms with E-state index in [0.717, 1.165) is 63.6 Å².